The van der Waals surface area contributed by atoms with Gasteiger partial charge in [-0.15, -0.1) is 0 Å². The normalized spacial score (nSPS) is 18.3. The molecule has 1 heterocycles. The van der Waals surface area contributed by atoms with Crippen LogP contribution in [0.2, 0.25) is 0 Å². The molecule has 8 heteroatoms. The molecule has 2 fully saturated rings. The largest absolute Gasteiger partial charge is 0.488 e. The lowest BCUT2D eigenvalue weighted by molar-refractivity contribution is -0.124. The number of thioether (sulfide) groups is 1. The number of rotatable bonds is 7. The molecule has 2 aliphatic rings. The molecule has 194 valence electrons. The maximum absolute atomic E-state index is 13.6. The molecule has 38 heavy (non-hydrogen) atoms. The Morgan fingerprint density at radius 3 is 2.47 bits per heavy atom. The van der Waals surface area contributed by atoms with E-state index in [9.17, 15) is 9.59 Å². The van der Waals surface area contributed by atoms with E-state index in [1.54, 1.807) is 24.3 Å². The standard InChI is InChI=1S/C30H27BrN2O4S/c31-25-17-21(13-16-26(25)37-19-20-11-14-22(15-12-20)29(35)36)18-27-28(34)33(24-9-5-2-6-10-24)30(38-27)32-23-7-3-1-4-8-23/h1,3-4,7-8,11-18,24H,2,5-6,9-10,19H2,(H,35,36)/b27-18+,32-30?. The van der Waals surface area contributed by atoms with Gasteiger partial charge in [-0.25, -0.2) is 9.79 Å². The minimum atomic E-state index is -0.954. The number of hydrogen-bond acceptors (Lipinski definition) is 5. The third-order valence-corrected chi connectivity index (χ3v) is 8.21. The van der Waals surface area contributed by atoms with Crippen molar-refractivity contribution in [1.82, 2.24) is 4.90 Å². The fourth-order valence-corrected chi connectivity index (χ4v) is 6.19. The van der Waals surface area contributed by atoms with Gasteiger partial charge in [-0.3, -0.25) is 9.69 Å². The highest BCUT2D eigenvalue weighted by Gasteiger charge is 2.38. The summed E-state index contributed by atoms with van der Waals surface area (Å²) in [4.78, 5) is 32.0. The Bertz CT molecular complexity index is 1380. The highest BCUT2D eigenvalue weighted by Crippen LogP contribution is 2.39. The third-order valence-electron chi connectivity index (χ3n) is 6.61. The molecule has 1 saturated carbocycles. The molecule has 0 spiro atoms. The zero-order valence-electron chi connectivity index (χ0n) is 20.7. The van der Waals surface area contributed by atoms with Gasteiger partial charge in [0.05, 0.1) is 20.6 Å². The van der Waals surface area contributed by atoms with Crippen LogP contribution in [-0.4, -0.2) is 33.1 Å². The van der Waals surface area contributed by atoms with Gasteiger partial charge in [0.2, 0.25) is 0 Å². The quantitative estimate of drug-likeness (QED) is 0.286. The summed E-state index contributed by atoms with van der Waals surface area (Å²) in [7, 11) is 0. The van der Waals surface area contributed by atoms with Crippen LogP contribution in [0.15, 0.2) is 87.2 Å². The van der Waals surface area contributed by atoms with E-state index >= 15 is 0 Å². The van der Waals surface area contributed by atoms with E-state index in [4.69, 9.17) is 14.8 Å². The highest BCUT2D eigenvalue weighted by molar-refractivity contribution is 9.10. The summed E-state index contributed by atoms with van der Waals surface area (Å²) in [6.07, 6.45) is 7.41. The average molecular weight is 592 g/mol. The van der Waals surface area contributed by atoms with Crippen molar-refractivity contribution < 1.29 is 19.4 Å². The number of aromatic carboxylic acids is 1. The Morgan fingerprint density at radius 2 is 1.79 bits per heavy atom. The second-order valence-corrected chi connectivity index (χ2v) is 11.2. The Morgan fingerprint density at radius 1 is 1.05 bits per heavy atom. The maximum Gasteiger partial charge on any atom is 0.335 e. The van der Waals surface area contributed by atoms with Crippen molar-refractivity contribution in [3.05, 3.63) is 98.9 Å². The Hall–Kier alpha value is -3.36. The number of carbonyl (C=O) groups excluding carboxylic acids is 1. The summed E-state index contributed by atoms with van der Waals surface area (Å²) in [5.41, 5.74) is 2.84. The fourth-order valence-electron chi connectivity index (χ4n) is 4.62. The molecular formula is C30H27BrN2O4S. The number of hydrogen-bond donors (Lipinski definition) is 1. The third kappa shape index (κ3) is 6.19. The number of para-hydroxylation sites is 1. The molecule has 1 aliphatic carbocycles. The minimum Gasteiger partial charge on any atom is -0.488 e. The van der Waals surface area contributed by atoms with Crippen molar-refractivity contribution >= 4 is 56.5 Å². The Kier molecular flexibility index (Phi) is 8.29. The molecule has 1 saturated heterocycles. The zero-order chi connectivity index (χ0) is 26.5. The van der Waals surface area contributed by atoms with Crippen LogP contribution < -0.4 is 4.74 Å². The number of carbonyl (C=O) groups is 2. The molecular weight excluding hydrogens is 564 g/mol. The molecule has 0 radical (unpaired) electrons. The molecule has 0 atom stereocenters. The molecule has 3 aromatic rings. The van der Waals surface area contributed by atoms with Crippen LogP contribution in [-0.2, 0) is 11.4 Å². The van der Waals surface area contributed by atoms with Gasteiger partial charge in [0.1, 0.15) is 12.4 Å². The van der Waals surface area contributed by atoms with Crippen molar-refractivity contribution in [2.75, 3.05) is 0 Å². The predicted molar refractivity (Wildman–Crippen MR) is 155 cm³/mol. The van der Waals surface area contributed by atoms with Crippen molar-refractivity contribution in [2.45, 2.75) is 44.8 Å². The van der Waals surface area contributed by atoms with E-state index in [1.807, 2.05) is 59.5 Å². The molecule has 0 bridgehead atoms. The van der Waals surface area contributed by atoms with Gasteiger partial charge in [0, 0.05) is 6.04 Å². The van der Waals surface area contributed by atoms with Crippen molar-refractivity contribution in [3.63, 3.8) is 0 Å². The number of halogens is 1. The Labute approximate surface area is 234 Å². The van der Waals surface area contributed by atoms with E-state index in [0.29, 0.717) is 17.3 Å². The number of carboxylic acid groups (broad SMARTS) is 1. The number of amides is 1. The second kappa shape index (κ2) is 12.0. The summed E-state index contributed by atoms with van der Waals surface area (Å²) >= 11 is 5.02. The lowest BCUT2D eigenvalue weighted by Gasteiger charge is -2.30. The summed E-state index contributed by atoms with van der Waals surface area (Å²) in [6, 6.07) is 22.3. The summed E-state index contributed by atoms with van der Waals surface area (Å²) in [5, 5.41) is 9.80. The first kappa shape index (κ1) is 26.3. The fraction of sp³-hybridized carbons (Fsp3) is 0.233. The smallest absolute Gasteiger partial charge is 0.335 e. The van der Waals surface area contributed by atoms with E-state index in [0.717, 1.165) is 52.1 Å². The number of nitrogens with zero attached hydrogens (tertiary/aromatic N) is 2. The van der Waals surface area contributed by atoms with Crippen LogP contribution in [0.1, 0.15) is 53.6 Å². The van der Waals surface area contributed by atoms with Crippen LogP contribution in [0.5, 0.6) is 5.75 Å². The average Bonchev–Trinajstić information content (AvgIpc) is 3.23. The summed E-state index contributed by atoms with van der Waals surface area (Å²) in [6.45, 7) is 0.308. The van der Waals surface area contributed by atoms with Gasteiger partial charge >= 0.3 is 5.97 Å². The number of carboxylic acids is 1. The van der Waals surface area contributed by atoms with Crippen LogP contribution in [0, 0.1) is 0 Å². The number of ether oxygens (including phenoxy) is 1. The number of benzene rings is 3. The summed E-state index contributed by atoms with van der Waals surface area (Å²) < 4.78 is 6.70. The highest BCUT2D eigenvalue weighted by atomic mass is 79.9. The van der Waals surface area contributed by atoms with Crippen molar-refractivity contribution in [2.24, 2.45) is 4.99 Å². The lowest BCUT2D eigenvalue weighted by Crippen LogP contribution is -2.40. The minimum absolute atomic E-state index is 0.0119. The van der Waals surface area contributed by atoms with Crippen LogP contribution in [0.3, 0.4) is 0 Å². The molecule has 1 amide bonds. The van der Waals surface area contributed by atoms with Crippen LogP contribution in [0.4, 0.5) is 5.69 Å². The van der Waals surface area contributed by atoms with Gasteiger partial charge in [0.15, 0.2) is 5.17 Å². The van der Waals surface area contributed by atoms with Crippen LogP contribution >= 0.6 is 27.7 Å². The van der Waals surface area contributed by atoms with Crippen molar-refractivity contribution in [3.8, 4) is 5.75 Å². The first-order valence-corrected chi connectivity index (χ1v) is 14.2. The first-order valence-electron chi connectivity index (χ1n) is 12.6. The first-order chi connectivity index (χ1) is 18.5. The van der Waals surface area contributed by atoms with E-state index in [2.05, 4.69) is 15.9 Å². The van der Waals surface area contributed by atoms with Crippen molar-refractivity contribution in [1.29, 1.82) is 0 Å². The van der Waals surface area contributed by atoms with E-state index in [1.165, 1.54) is 18.2 Å². The maximum atomic E-state index is 13.6. The van der Waals surface area contributed by atoms with Gasteiger partial charge < -0.3 is 9.84 Å². The predicted octanol–water partition coefficient (Wildman–Crippen LogP) is 7.66. The van der Waals surface area contributed by atoms with Crippen LogP contribution in [0.25, 0.3) is 6.08 Å². The van der Waals surface area contributed by atoms with E-state index < -0.39 is 5.97 Å². The van der Waals surface area contributed by atoms with Gasteiger partial charge in [0.25, 0.3) is 5.91 Å². The molecule has 5 rings (SSSR count). The summed E-state index contributed by atoms with van der Waals surface area (Å²) in [5.74, 6) is -0.281. The molecule has 1 aliphatic heterocycles. The topological polar surface area (TPSA) is 79.2 Å². The molecule has 6 nitrogen and oxygen atoms in total. The van der Waals surface area contributed by atoms with Gasteiger partial charge in [-0.05, 0) is 94.1 Å². The van der Waals surface area contributed by atoms with E-state index in [-0.39, 0.29) is 17.5 Å². The monoisotopic (exact) mass is 590 g/mol. The SMILES string of the molecule is O=C(O)c1ccc(COc2ccc(/C=C3/SC(=Nc4ccccc4)N(C4CCCCC4)C3=O)cc2Br)cc1. The number of aliphatic imine (C=N–C) groups is 1. The molecule has 1 N–H and O–H groups in total. The molecule has 0 unspecified atom stereocenters. The second-order valence-electron chi connectivity index (χ2n) is 9.29. The van der Waals surface area contributed by atoms with Gasteiger partial charge in [-0.2, -0.15) is 0 Å². The number of amidine groups is 1. The molecule has 3 aromatic carbocycles. The molecule has 0 aromatic heterocycles. The Balaban J connectivity index is 1.34. The lowest BCUT2D eigenvalue weighted by atomic mass is 9.94. The van der Waals surface area contributed by atoms with Gasteiger partial charge in [-0.1, -0.05) is 55.7 Å². The zero-order valence-corrected chi connectivity index (χ0v) is 23.1.